The number of halogens is 1. The quantitative estimate of drug-likeness (QED) is 0.609. The van der Waals surface area contributed by atoms with E-state index in [9.17, 15) is 13.2 Å². The fourth-order valence-electron chi connectivity index (χ4n) is 3.15. The first-order valence-corrected chi connectivity index (χ1v) is 11.0. The summed E-state index contributed by atoms with van der Waals surface area (Å²) >= 11 is 6.00. The van der Waals surface area contributed by atoms with Gasteiger partial charge in [0.2, 0.25) is 0 Å². The van der Waals surface area contributed by atoms with Crippen LogP contribution in [0.1, 0.15) is 21.5 Å². The Morgan fingerprint density at radius 2 is 1.67 bits per heavy atom. The van der Waals surface area contributed by atoms with Crippen LogP contribution in [0.5, 0.6) is 11.5 Å². The molecule has 6 nitrogen and oxygen atoms in total. The molecule has 0 unspecified atom stereocenters. The minimum absolute atomic E-state index is 0.00952. The number of aryl methyl sites for hydroxylation is 2. The minimum Gasteiger partial charge on any atom is -0.454 e. The Labute approximate surface area is 180 Å². The van der Waals surface area contributed by atoms with Crippen molar-refractivity contribution in [3.8, 4) is 11.5 Å². The topological polar surface area (TPSA) is 75.7 Å². The summed E-state index contributed by atoms with van der Waals surface area (Å²) < 4.78 is 33.4. The van der Waals surface area contributed by atoms with Gasteiger partial charge < -0.3 is 10.1 Å². The standard InChI is InChI=1S/C22H19ClN2O4S/c1-13-4-6-16(10-14(13)2)25(3)30(27,28)17-7-9-20-18(12-17)22(26)24-19-11-15(23)5-8-21(19)29-20/h4-12H,1-3H3,(H,24,26). The lowest BCUT2D eigenvalue weighted by molar-refractivity contribution is 0.102. The van der Waals surface area contributed by atoms with Gasteiger partial charge in [0.05, 0.1) is 21.8 Å². The lowest BCUT2D eigenvalue weighted by Crippen LogP contribution is -2.27. The molecule has 0 saturated carbocycles. The smallest absolute Gasteiger partial charge is 0.264 e. The maximum atomic E-state index is 13.2. The molecule has 154 valence electrons. The second-order valence-electron chi connectivity index (χ2n) is 7.10. The molecule has 3 aromatic rings. The molecule has 0 atom stereocenters. The van der Waals surface area contributed by atoms with Crippen molar-refractivity contribution in [2.24, 2.45) is 0 Å². The molecule has 0 aromatic heterocycles. The summed E-state index contributed by atoms with van der Waals surface area (Å²) in [5.41, 5.74) is 3.14. The van der Waals surface area contributed by atoms with Gasteiger partial charge in [-0.1, -0.05) is 17.7 Å². The van der Waals surface area contributed by atoms with Crippen molar-refractivity contribution >= 4 is 38.9 Å². The van der Waals surface area contributed by atoms with Crippen molar-refractivity contribution in [2.45, 2.75) is 18.7 Å². The van der Waals surface area contributed by atoms with Crippen LogP contribution in [0.15, 0.2) is 59.5 Å². The second kappa shape index (κ2) is 7.34. The van der Waals surface area contributed by atoms with Crippen molar-refractivity contribution < 1.29 is 17.9 Å². The van der Waals surface area contributed by atoms with Gasteiger partial charge in [-0.15, -0.1) is 0 Å². The normalized spacial score (nSPS) is 12.9. The number of fused-ring (bicyclic) bond motifs is 2. The van der Waals surface area contributed by atoms with Crippen LogP contribution in [-0.4, -0.2) is 21.4 Å². The first-order valence-electron chi connectivity index (χ1n) is 9.16. The predicted octanol–water partition coefficient (Wildman–Crippen LogP) is 5.14. The van der Waals surface area contributed by atoms with Crippen LogP contribution < -0.4 is 14.4 Å². The number of benzene rings is 3. The molecule has 0 aliphatic carbocycles. The molecule has 1 heterocycles. The van der Waals surface area contributed by atoms with Crippen molar-refractivity contribution in [1.29, 1.82) is 0 Å². The van der Waals surface area contributed by atoms with Gasteiger partial charge in [-0.05, 0) is 73.5 Å². The van der Waals surface area contributed by atoms with Crippen molar-refractivity contribution in [1.82, 2.24) is 0 Å². The van der Waals surface area contributed by atoms with E-state index >= 15 is 0 Å². The van der Waals surface area contributed by atoms with Crippen LogP contribution in [0.3, 0.4) is 0 Å². The minimum atomic E-state index is -3.89. The molecule has 0 fully saturated rings. The molecule has 0 saturated heterocycles. The predicted molar refractivity (Wildman–Crippen MR) is 117 cm³/mol. The molecule has 1 aliphatic heterocycles. The molecule has 3 aromatic carbocycles. The largest absolute Gasteiger partial charge is 0.454 e. The summed E-state index contributed by atoms with van der Waals surface area (Å²) in [6.45, 7) is 3.89. The monoisotopic (exact) mass is 442 g/mol. The first-order chi connectivity index (χ1) is 14.2. The third kappa shape index (κ3) is 3.51. The molecular weight excluding hydrogens is 424 g/mol. The number of hydrogen-bond donors (Lipinski definition) is 1. The lowest BCUT2D eigenvalue weighted by atomic mass is 10.1. The number of carbonyl (C=O) groups excluding carboxylic acids is 1. The highest BCUT2D eigenvalue weighted by molar-refractivity contribution is 7.92. The average molecular weight is 443 g/mol. The number of carbonyl (C=O) groups is 1. The summed E-state index contributed by atoms with van der Waals surface area (Å²) in [4.78, 5) is 12.7. The molecule has 8 heteroatoms. The highest BCUT2D eigenvalue weighted by Gasteiger charge is 2.27. The summed E-state index contributed by atoms with van der Waals surface area (Å²) in [5.74, 6) is 0.215. The van der Waals surface area contributed by atoms with Gasteiger partial charge in [0, 0.05) is 12.1 Å². The zero-order chi connectivity index (χ0) is 21.6. The molecule has 30 heavy (non-hydrogen) atoms. The van der Waals surface area contributed by atoms with Gasteiger partial charge in [-0.25, -0.2) is 8.42 Å². The first kappa shape index (κ1) is 20.3. The Hall–Kier alpha value is -3.03. The Morgan fingerprint density at radius 3 is 2.40 bits per heavy atom. The van der Waals surface area contributed by atoms with Crippen LogP contribution in [0.4, 0.5) is 11.4 Å². The molecule has 0 radical (unpaired) electrons. The molecule has 0 bridgehead atoms. The third-order valence-corrected chi connectivity index (χ3v) is 7.13. The number of rotatable bonds is 3. The van der Waals surface area contributed by atoms with Gasteiger partial charge in [0.1, 0.15) is 5.75 Å². The molecule has 4 rings (SSSR count). The zero-order valence-electron chi connectivity index (χ0n) is 16.6. The number of sulfonamides is 1. The van der Waals surface area contributed by atoms with E-state index in [2.05, 4.69) is 5.32 Å². The Morgan fingerprint density at radius 1 is 0.933 bits per heavy atom. The van der Waals surface area contributed by atoms with Crippen LogP contribution in [0, 0.1) is 13.8 Å². The Bertz CT molecular complexity index is 1290. The van der Waals surface area contributed by atoms with Crippen LogP contribution in [-0.2, 0) is 10.0 Å². The van der Waals surface area contributed by atoms with Gasteiger partial charge >= 0.3 is 0 Å². The maximum absolute atomic E-state index is 13.2. The summed E-state index contributed by atoms with van der Waals surface area (Å²) in [6, 6.07) is 14.5. The van der Waals surface area contributed by atoms with E-state index in [1.54, 1.807) is 24.3 Å². The number of nitrogens with one attached hydrogen (secondary N) is 1. The highest BCUT2D eigenvalue weighted by Crippen LogP contribution is 2.38. The fraction of sp³-hybridized carbons (Fsp3) is 0.136. The third-order valence-electron chi connectivity index (χ3n) is 5.12. The van der Waals surface area contributed by atoms with Gasteiger partial charge in [0.15, 0.2) is 5.75 Å². The van der Waals surface area contributed by atoms with Crippen LogP contribution in [0.2, 0.25) is 5.02 Å². The fourth-order valence-corrected chi connectivity index (χ4v) is 4.54. The zero-order valence-corrected chi connectivity index (χ0v) is 18.1. The average Bonchev–Trinajstić information content (AvgIpc) is 2.84. The lowest BCUT2D eigenvalue weighted by Gasteiger charge is -2.21. The summed E-state index contributed by atoms with van der Waals surface area (Å²) in [6.07, 6.45) is 0. The molecule has 1 N–H and O–H groups in total. The second-order valence-corrected chi connectivity index (χ2v) is 9.50. The number of anilines is 2. The van der Waals surface area contributed by atoms with Crippen LogP contribution >= 0.6 is 11.6 Å². The van der Waals surface area contributed by atoms with E-state index < -0.39 is 15.9 Å². The number of nitrogens with zero attached hydrogens (tertiary/aromatic N) is 1. The Balaban J connectivity index is 1.73. The van der Waals surface area contributed by atoms with Crippen LogP contribution in [0.25, 0.3) is 0 Å². The SMILES string of the molecule is Cc1ccc(N(C)S(=O)(=O)c2ccc3c(c2)C(=O)Nc2cc(Cl)ccc2O3)cc1C. The van der Waals surface area contributed by atoms with Crippen molar-refractivity contribution in [3.05, 3.63) is 76.3 Å². The van der Waals surface area contributed by atoms with E-state index in [-0.39, 0.29) is 16.2 Å². The van der Waals surface area contributed by atoms with E-state index in [4.69, 9.17) is 16.3 Å². The number of amides is 1. The van der Waals surface area contributed by atoms with E-state index in [0.717, 1.165) is 11.1 Å². The number of ether oxygens (including phenoxy) is 1. The molecule has 0 spiro atoms. The Kier molecular flexibility index (Phi) is 4.95. The van der Waals surface area contributed by atoms with E-state index in [0.29, 0.717) is 22.1 Å². The maximum Gasteiger partial charge on any atom is 0.264 e. The van der Waals surface area contributed by atoms with Gasteiger partial charge in [-0.3, -0.25) is 9.10 Å². The summed E-state index contributed by atoms with van der Waals surface area (Å²) in [5, 5.41) is 3.16. The highest BCUT2D eigenvalue weighted by atomic mass is 35.5. The van der Waals surface area contributed by atoms with Crippen molar-refractivity contribution in [3.63, 3.8) is 0 Å². The van der Waals surface area contributed by atoms with Gasteiger partial charge in [-0.2, -0.15) is 0 Å². The number of hydrogen-bond acceptors (Lipinski definition) is 4. The summed E-state index contributed by atoms with van der Waals surface area (Å²) in [7, 11) is -2.40. The van der Waals surface area contributed by atoms with E-state index in [1.807, 2.05) is 26.0 Å². The molecular formula is C22H19ClN2O4S. The van der Waals surface area contributed by atoms with Crippen molar-refractivity contribution in [2.75, 3.05) is 16.7 Å². The van der Waals surface area contributed by atoms with Gasteiger partial charge in [0.25, 0.3) is 15.9 Å². The molecule has 1 amide bonds. The molecule has 1 aliphatic rings. The van der Waals surface area contributed by atoms with E-state index in [1.165, 1.54) is 29.6 Å².